The summed E-state index contributed by atoms with van der Waals surface area (Å²) in [5, 5.41) is 6.08. The molecule has 1 saturated heterocycles. The van der Waals surface area contributed by atoms with E-state index in [0.717, 1.165) is 31.2 Å². The van der Waals surface area contributed by atoms with Crippen LogP contribution >= 0.6 is 23.8 Å². The van der Waals surface area contributed by atoms with Crippen molar-refractivity contribution >= 4 is 56.6 Å². The average Bonchev–Trinajstić information content (AvgIpc) is 3.04. The predicted molar refractivity (Wildman–Crippen MR) is 129 cm³/mol. The minimum Gasteiger partial charge on any atom is -0.332 e. The second-order valence-corrected chi connectivity index (χ2v) is 9.89. The van der Waals surface area contributed by atoms with Crippen LogP contribution in [0.5, 0.6) is 0 Å². The fourth-order valence-corrected chi connectivity index (χ4v) is 5.17. The lowest BCUT2D eigenvalue weighted by atomic mass is 10.2. The molecule has 1 fully saturated rings. The third-order valence-electron chi connectivity index (χ3n) is 4.87. The van der Waals surface area contributed by atoms with Crippen molar-refractivity contribution in [3.05, 3.63) is 65.2 Å². The maximum Gasteiger partial charge on any atom is 0.250 e. The minimum atomic E-state index is -3.50. The molecule has 1 amide bonds. The van der Waals surface area contributed by atoms with Gasteiger partial charge in [0.25, 0.3) is 0 Å². The predicted octanol–water partition coefficient (Wildman–Crippen LogP) is 4.43. The van der Waals surface area contributed by atoms with Crippen LogP contribution in [0.2, 0.25) is 5.02 Å². The molecule has 0 unspecified atom stereocenters. The van der Waals surface area contributed by atoms with Crippen LogP contribution in [0, 0.1) is 0 Å². The van der Waals surface area contributed by atoms with Gasteiger partial charge in [-0.05, 0) is 67.0 Å². The van der Waals surface area contributed by atoms with Gasteiger partial charge in [-0.3, -0.25) is 10.1 Å². The summed E-state index contributed by atoms with van der Waals surface area (Å²) in [6, 6.07) is 13.5. The zero-order valence-electron chi connectivity index (χ0n) is 16.9. The van der Waals surface area contributed by atoms with E-state index in [4.69, 9.17) is 23.8 Å². The van der Waals surface area contributed by atoms with Crippen LogP contribution in [0.4, 0.5) is 5.69 Å². The van der Waals surface area contributed by atoms with Crippen molar-refractivity contribution in [2.75, 3.05) is 18.4 Å². The standard InChI is InChI=1S/C22H24ClN3O3S2/c23-20-8-4-3-7-17(20)9-14-21(27)25-22(30)24-18-10-12-19(13-11-18)31(28,29)26-15-5-1-2-6-16-26/h3-4,7-14H,1-2,5-6,15-16H2,(H2,24,25,27,30). The Morgan fingerprint density at radius 2 is 1.65 bits per heavy atom. The zero-order chi connectivity index (χ0) is 22.3. The highest BCUT2D eigenvalue weighted by Crippen LogP contribution is 2.22. The fourth-order valence-electron chi connectivity index (χ4n) is 3.23. The van der Waals surface area contributed by atoms with Crippen LogP contribution in [0.3, 0.4) is 0 Å². The topological polar surface area (TPSA) is 78.5 Å². The first-order valence-electron chi connectivity index (χ1n) is 10.0. The summed E-state index contributed by atoms with van der Waals surface area (Å²) in [6.07, 6.45) is 6.83. The van der Waals surface area contributed by atoms with Crippen molar-refractivity contribution in [1.82, 2.24) is 9.62 Å². The highest BCUT2D eigenvalue weighted by Gasteiger charge is 2.24. The summed E-state index contributed by atoms with van der Waals surface area (Å²) >= 11 is 11.2. The van der Waals surface area contributed by atoms with Gasteiger partial charge in [-0.25, -0.2) is 8.42 Å². The van der Waals surface area contributed by atoms with Gasteiger partial charge in [-0.2, -0.15) is 4.31 Å². The summed E-state index contributed by atoms with van der Waals surface area (Å²) in [4.78, 5) is 12.3. The third-order valence-corrected chi connectivity index (χ3v) is 7.33. The molecule has 6 nitrogen and oxygen atoms in total. The summed E-state index contributed by atoms with van der Waals surface area (Å²) in [5.74, 6) is -0.405. The molecule has 1 aliphatic rings. The van der Waals surface area contributed by atoms with Gasteiger partial charge in [-0.15, -0.1) is 0 Å². The van der Waals surface area contributed by atoms with Crippen LogP contribution in [-0.4, -0.2) is 36.8 Å². The molecule has 0 radical (unpaired) electrons. The first kappa shape index (κ1) is 23.4. The van der Waals surface area contributed by atoms with Crippen molar-refractivity contribution in [1.29, 1.82) is 0 Å². The molecule has 2 aromatic rings. The van der Waals surface area contributed by atoms with E-state index in [1.54, 1.807) is 46.8 Å². The van der Waals surface area contributed by atoms with E-state index < -0.39 is 15.9 Å². The Morgan fingerprint density at radius 3 is 2.29 bits per heavy atom. The number of carbonyl (C=O) groups is 1. The first-order valence-corrected chi connectivity index (χ1v) is 12.2. The molecule has 9 heteroatoms. The average molecular weight is 478 g/mol. The monoisotopic (exact) mass is 477 g/mol. The maximum atomic E-state index is 12.8. The van der Waals surface area contributed by atoms with Gasteiger partial charge < -0.3 is 5.32 Å². The number of rotatable bonds is 5. The zero-order valence-corrected chi connectivity index (χ0v) is 19.3. The molecule has 0 saturated carbocycles. The molecular formula is C22H24ClN3O3S2. The number of hydrogen-bond acceptors (Lipinski definition) is 4. The Bertz CT molecular complexity index is 1060. The number of sulfonamides is 1. The van der Waals surface area contributed by atoms with Gasteiger partial charge in [-0.1, -0.05) is 42.6 Å². The summed E-state index contributed by atoms with van der Waals surface area (Å²) in [5.41, 5.74) is 1.30. The number of carbonyl (C=O) groups excluding carboxylic acids is 1. The van der Waals surface area contributed by atoms with Crippen molar-refractivity contribution in [2.24, 2.45) is 0 Å². The van der Waals surface area contributed by atoms with Crippen molar-refractivity contribution < 1.29 is 13.2 Å². The molecule has 1 aliphatic heterocycles. The number of nitrogens with one attached hydrogen (secondary N) is 2. The quantitative estimate of drug-likeness (QED) is 0.492. The summed E-state index contributed by atoms with van der Waals surface area (Å²) < 4.78 is 27.2. The Kier molecular flexibility index (Phi) is 8.20. The normalized spacial score (nSPS) is 15.4. The molecular weight excluding hydrogens is 454 g/mol. The van der Waals surface area contributed by atoms with Gasteiger partial charge in [0.1, 0.15) is 0 Å². The number of halogens is 1. The van der Waals surface area contributed by atoms with Crippen LogP contribution in [0.1, 0.15) is 31.2 Å². The lowest BCUT2D eigenvalue weighted by molar-refractivity contribution is -0.115. The lowest BCUT2D eigenvalue weighted by Crippen LogP contribution is -2.33. The Labute approximate surface area is 193 Å². The van der Waals surface area contributed by atoms with Gasteiger partial charge >= 0.3 is 0 Å². The largest absolute Gasteiger partial charge is 0.332 e. The molecule has 164 valence electrons. The number of thiocarbonyl (C=S) groups is 1. The molecule has 1 heterocycles. The van der Waals surface area contributed by atoms with Crippen LogP contribution < -0.4 is 10.6 Å². The van der Waals surface area contributed by atoms with Crippen molar-refractivity contribution in [2.45, 2.75) is 30.6 Å². The molecule has 0 aliphatic carbocycles. The molecule has 0 bridgehead atoms. The van der Waals surface area contributed by atoms with E-state index in [0.29, 0.717) is 23.8 Å². The number of anilines is 1. The molecule has 0 spiro atoms. The molecule has 3 rings (SSSR count). The Balaban J connectivity index is 1.57. The van der Waals surface area contributed by atoms with E-state index in [1.807, 2.05) is 12.1 Å². The van der Waals surface area contributed by atoms with Gasteiger partial charge in [0.15, 0.2) is 5.11 Å². The molecule has 31 heavy (non-hydrogen) atoms. The SMILES string of the molecule is O=C(C=Cc1ccccc1Cl)NC(=S)Nc1ccc(S(=O)(=O)N2CCCCCC2)cc1. The van der Waals surface area contributed by atoms with E-state index in [1.165, 1.54) is 6.08 Å². The van der Waals surface area contributed by atoms with Crippen LogP contribution in [0.15, 0.2) is 59.5 Å². The van der Waals surface area contributed by atoms with E-state index in [9.17, 15) is 13.2 Å². The summed E-state index contributed by atoms with van der Waals surface area (Å²) in [6.45, 7) is 1.11. The number of amides is 1. The number of hydrogen-bond donors (Lipinski definition) is 2. The van der Waals surface area contributed by atoms with E-state index in [2.05, 4.69) is 10.6 Å². The van der Waals surface area contributed by atoms with E-state index in [-0.39, 0.29) is 10.0 Å². The number of nitrogens with zero attached hydrogens (tertiary/aromatic N) is 1. The molecule has 2 aromatic carbocycles. The second kappa shape index (κ2) is 10.9. The smallest absolute Gasteiger partial charge is 0.250 e. The van der Waals surface area contributed by atoms with Crippen LogP contribution in [0.25, 0.3) is 6.08 Å². The maximum absolute atomic E-state index is 12.8. The lowest BCUT2D eigenvalue weighted by Gasteiger charge is -2.20. The fraction of sp³-hybridized carbons (Fsp3) is 0.273. The highest BCUT2D eigenvalue weighted by molar-refractivity contribution is 7.89. The summed E-state index contributed by atoms with van der Waals surface area (Å²) in [7, 11) is -3.50. The molecule has 2 N–H and O–H groups in total. The first-order chi connectivity index (χ1) is 14.9. The van der Waals surface area contributed by atoms with Gasteiger partial charge in [0, 0.05) is 29.9 Å². The third kappa shape index (κ3) is 6.61. The second-order valence-electron chi connectivity index (χ2n) is 7.14. The van der Waals surface area contributed by atoms with Crippen molar-refractivity contribution in [3.63, 3.8) is 0 Å². The van der Waals surface area contributed by atoms with E-state index >= 15 is 0 Å². The van der Waals surface area contributed by atoms with Crippen molar-refractivity contribution in [3.8, 4) is 0 Å². The molecule has 0 aromatic heterocycles. The molecule has 0 atom stereocenters. The Morgan fingerprint density at radius 1 is 1.00 bits per heavy atom. The number of benzene rings is 2. The van der Waals surface area contributed by atoms with Gasteiger partial charge in [0.05, 0.1) is 4.90 Å². The van der Waals surface area contributed by atoms with Crippen LogP contribution in [-0.2, 0) is 14.8 Å². The highest BCUT2D eigenvalue weighted by atomic mass is 35.5. The minimum absolute atomic E-state index is 0.108. The van der Waals surface area contributed by atoms with Gasteiger partial charge in [0.2, 0.25) is 15.9 Å². The Hall–Kier alpha value is -2.26.